The van der Waals surface area contributed by atoms with E-state index in [0.717, 1.165) is 24.3 Å². The zero-order valence-electron chi connectivity index (χ0n) is 25.1. The molecule has 0 spiro atoms. The number of halogens is 4. The minimum Gasteiger partial charge on any atom is -0.481 e. The van der Waals surface area contributed by atoms with Crippen LogP contribution in [0.4, 0.5) is 22.7 Å². The number of hydrogen-bond acceptors (Lipinski definition) is 6. The molecule has 4 N–H and O–H groups in total. The number of hydrogen-bond donors (Lipinski definition) is 3. The number of nitrogens with zero attached hydrogens (tertiary/aromatic N) is 2. The van der Waals surface area contributed by atoms with Crippen LogP contribution in [0, 0.1) is 0 Å². The fourth-order valence-electron chi connectivity index (χ4n) is 4.91. The van der Waals surface area contributed by atoms with Crippen LogP contribution in [0.5, 0.6) is 5.75 Å². The lowest BCUT2D eigenvalue weighted by Gasteiger charge is -2.19. The van der Waals surface area contributed by atoms with Crippen molar-refractivity contribution in [1.29, 1.82) is 0 Å². The van der Waals surface area contributed by atoms with Crippen molar-refractivity contribution in [3.8, 4) is 5.75 Å². The third kappa shape index (κ3) is 10.2. The van der Waals surface area contributed by atoms with Gasteiger partial charge in [-0.1, -0.05) is 98.3 Å². The summed E-state index contributed by atoms with van der Waals surface area (Å²) in [6.07, 6.45) is 9.05. The quantitative estimate of drug-likeness (QED) is 0.108. The molecule has 3 aromatic rings. The predicted molar refractivity (Wildman–Crippen MR) is 187 cm³/mol. The maximum absolute atomic E-state index is 13.5. The van der Waals surface area contributed by atoms with Crippen LogP contribution < -0.4 is 26.1 Å². The Labute approximate surface area is 284 Å². The summed E-state index contributed by atoms with van der Waals surface area (Å²) in [7, 11) is 0. The van der Waals surface area contributed by atoms with Crippen LogP contribution in [-0.2, 0) is 9.59 Å². The van der Waals surface area contributed by atoms with Crippen molar-refractivity contribution in [3.63, 3.8) is 0 Å². The Morgan fingerprint density at radius 1 is 0.911 bits per heavy atom. The third-order valence-corrected chi connectivity index (χ3v) is 8.38. The number of carbonyl (C=O) groups is 2. The van der Waals surface area contributed by atoms with Crippen LogP contribution in [-0.4, -0.2) is 23.8 Å². The van der Waals surface area contributed by atoms with E-state index < -0.39 is 6.10 Å². The molecule has 0 bridgehead atoms. The molecule has 1 aliphatic rings. The maximum Gasteiger partial charge on any atom is 0.265 e. The van der Waals surface area contributed by atoms with Crippen LogP contribution >= 0.6 is 46.4 Å². The van der Waals surface area contributed by atoms with Gasteiger partial charge in [0, 0.05) is 16.4 Å². The number of hydrazone groups is 1. The zero-order chi connectivity index (χ0) is 32.3. The van der Waals surface area contributed by atoms with Gasteiger partial charge in [-0.05, 0) is 67.4 Å². The van der Waals surface area contributed by atoms with Gasteiger partial charge in [0.2, 0.25) is 0 Å². The highest BCUT2D eigenvalue weighted by Gasteiger charge is 2.29. The Balaban J connectivity index is 1.42. The van der Waals surface area contributed by atoms with Gasteiger partial charge in [0.1, 0.15) is 17.3 Å². The number of carbonyl (C=O) groups excluding carboxylic acids is 2. The van der Waals surface area contributed by atoms with Crippen molar-refractivity contribution in [3.05, 3.63) is 74.7 Å². The van der Waals surface area contributed by atoms with Crippen molar-refractivity contribution < 1.29 is 14.3 Å². The molecule has 0 saturated heterocycles. The van der Waals surface area contributed by atoms with Crippen molar-refractivity contribution in [2.45, 2.75) is 77.2 Å². The summed E-state index contributed by atoms with van der Waals surface area (Å²) < 4.78 is 6.12. The number of amides is 2. The first-order valence-corrected chi connectivity index (χ1v) is 16.6. The van der Waals surface area contributed by atoms with E-state index in [1.807, 2.05) is 0 Å². The summed E-state index contributed by atoms with van der Waals surface area (Å²) >= 11 is 25.1. The number of nitrogens with one attached hydrogen (secondary N) is 2. The van der Waals surface area contributed by atoms with Gasteiger partial charge in [0.05, 0.1) is 27.2 Å². The average molecular weight is 694 g/mol. The Morgan fingerprint density at radius 2 is 1.56 bits per heavy atom. The minimum absolute atomic E-state index is 0.0433. The number of anilines is 4. The standard InChI is InChI=1S/C33H37Cl4N5O3/c1-2-3-4-5-6-7-8-9-10-29(45-24-14-11-22(38)12-15-24)33(44)39-23-13-16-25(35)28(19-23)40-30-20-31(43)42(41-30)32-26(36)17-21(34)18-27(32)37/h11-19,29H,2-10,20,38H2,1H3,(H,39,44)(H,40,41). The SMILES string of the molecule is CCCCCCCCCCC(Oc1ccc(N)cc1)C(=O)Nc1ccc(Cl)c(NC2=NN(c3c(Cl)cc(Cl)cc3Cl)C(=O)C2)c1. The second-order valence-electron chi connectivity index (χ2n) is 10.9. The molecule has 0 radical (unpaired) electrons. The maximum atomic E-state index is 13.5. The average Bonchev–Trinajstić information content (AvgIpc) is 3.35. The van der Waals surface area contributed by atoms with E-state index in [9.17, 15) is 9.59 Å². The largest absolute Gasteiger partial charge is 0.481 e. The lowest BCUT2D eigenvalue weighted by molar-refractivity contribution is -0.123. The molecule has 240 valence electrons. The molecule has 0 fully saturated rings. The van der Waals surface area contributed by atoms with E-state index in [1.165, 1.54) is 44.2 Å². The second-order valence-corrected chi connectivity index (χ2v) is 12.6. The molecule has 2 amide bonds. The van der Waals surface area contributed by atoms with Gasteiger partial charge in [-0.3, -0.25) is 9.59 Å². The molecule has 0 aliphatic carbocycles. The Kier molecular flexibility index (Phi) is 13.1. The first kappa shape index (κ1) is 34.7. The summed E-state index contributed by atoms with van der Waals surface area (Å²) in [5.74, 6) is 0.269. The molecule has 0 aromatic heterocycles. The van der Waals surface area contributed by atoms with Crippen LogP contribution in [0.2, 0.25) is 20.1 Å². The highest BCUT2D eigenvalue weighted by molar-refractivity contribution is 6.42. The number of ether oxygens (including phenoxy) is 1. The monoisotopic (exact) mass is 691 g/mol. The Hall–Kier alpha value is -3.17. The van der Waals surface area contributed by atoms with E-state index in [0.29, 0.717) is 45.1 Å². The first-order valence-electron chi connectivity index (χ1n) is 15.1. The Morgan fingerprint density at radius 3 is 2.22 bits per heavy atom. The van der Waals surface area contributed by atoms with Gasteiger partial charge in [-0.15, -0.1) is 0 Å². The topological polar surface area (TPSA) is 109 Å². The fourth-order valence-corrected chi connectivity index (χ4v) is 6.05. The van der Waals surface area contributed by atoms with Gasteiger partial charge in [-0.2, -0.15) is 10.1 Å². The number of rotatable bonds is 15. The van der Waals surface area contributed by atoms with E-state index >= 15 is 0 Å². The molecule has 0 saturated carbocycles. The van der Waals surface area contributed by atoms with E-state index in [1.54, 1.807) is 42.5 Å². The lowest BCUT2D eigenvalue weighted by Crippen LogP contribution is -2.33. The molecular weight excluding hydrogens is 656 g/mol. The lowest BCUT2D eigenvalue weighted by atomic mass is 10.1. The van der Waals surface area contributed by atoms with Gasteiger partial charge >= 0.3 is 0 Å². The van der Waals surface area contributed by atoms with Crippen molar-refractivity contribution in [1.82, 2.24) is 0 Å². The molecule has 8 nitrogen and oxygen atoms in total. The molecular formula is C33H37Cl4N5O3. The minimum atomic E-state index is -0.708. The van der Waals surface area contributed by atoms with Crippen LogP contribution in [0.15, 0.2) is 59.7 Å². The highest BCUT2D eigenvalue weighted by atomic mass is 35.5. The molecule has 1 unspecified atom stereocenters. The zero-order valence-corrected chi connectivity index (χ0v) is 28.1. The second kappa shape index (κ2) is 16.9. The molecule has 12 heteroatoms. The van der Waals surface area contributed by atoms with Crippen LogP contribution in [0.3, 0.4) is 0 Å². The van der Waals surface area contributed by atoms with Crippen molar-refractivity contribution >= 4 is 86.8 Å². The van der Waals surface area contributed by atoms with E-state index in [-0.39, 0.29) is 34.0 Å². The smallest absolute Gasteiger partial charge is 0.265 e. The van der Waals surface area contributed by atoms with Crippen LogP contribution in [0.1, 0.15) is 71.1 Å². The van der Waals surface area contributed by atoms with E-state index in [4.69, 9.17) is 56.9 Å². The molecule has 1 aliphatic heterocycles. The summed E-state index contributed by atoms with van der Waals surface area (Å²) in [4.78, 5) is 26.3. The summed E-state index contributed by atoms with van der Waals surface area (Å²) in [6, 6.07) is 15.0. The van der Waals surface area contributed by atoms with Gasteiger partial charge in [-0.25, -0.2) is 0 Å². The van der Waals surface area contributed by atoms with Crippen molar-refractivity contribution in [2.24, 2.45) is 5.10 Å². The normalized spacial score (nSPS) is 13.5. The summed E-state index contributed by atoms with van der Waals surface area (Å²) in [5.41, 5.74) is 7.63. The molecule has 1 atom stereocenters. The number of nitrogens with two attached hydrogens (primary N) is 1. The third-order valence-electron chi connectivity index (χ3n) is 7.25. The van der Waals surface area contributed by atoms with Gasteiger partial charge in [0.15, 0.2) is 6.10 Å². The number of nitrogen functional groups attached to an aromatic ring is 1. The molecule has 45 heavy (non-hydrogen) atoms. The molecule has 3 aromatic carbocycles. The Bertz CT molecular complexity index is 1490. The van der Waals surface area contributed by atoms with Crippen LogP contribution in [0.25, 0.3) is 0 Å². The summed E-state index contributed by atoms with van der Waals surface area (Å²) in [6.45, 7) is 2.21. The number of unbranched alkanes of at least 4 members (excludes halogenated alkanes) is 7. The number of amidine groups is 1. The fraction of sp³-hybridized carbons (Fsp3) is 0.364. The van der Waals surface area contributed by atoms with Crippen molar-refractivity contribution in [2.75, 3.05) is 21.4 Å². The molecule has 4 rings (SSSR count). The van der Waals surface area contributed by atoms with Gasteiger partial charge in [0.25, 0.3) is 11.8 Å². The summed E-state index contributed by atoms with van der Waals surface area (Å²) in [5, 5.41) is 12.6. The molecule has 1 heterocycles. The predicted octanol–water partition coefficient (Wildman–Crippen LogP) is 9.96. The first-order chi connectivity index (χ1) is 21.6. The number of benzene rings is 3. The van der Waals surface area contributed by atoms with Gasteiger partial charge < -0.3 is 21.1 Å². The highest BCUT2D eigenvalue weighted by Crippen LogP contribution is 2.38. The van der Waals surface area contributed by atoms with E-state index in [2.05, 4.69) is 22.7 Å².